The average molecular weight is 238 g/mol. The summed E-state index contributed by atoms with van der Waals surface area (Å²) in [7, 11) is 0. The van der Waals surface area contributed by atoms with Gasteiger partial charge < -0.3 is 10.8 Å². The highest BCUT2D eigenvalue weighted by molar-refractivity contribution is 6.32. The van der Waals surface area contributed by atoms with Crippen LogP contribution in [-0.4, -0.2) is 20.9 Å². The zero-order valence-electron chi connectivity index (χ0n) is 8.09. The van der Waals surface area contributed by atoms with E-state index in [1.54, 1.807) is 24.3 Å². The van der Waals surface area contributed by atoms with E-state index in [9.17, 15) is 4.79 Å². The monoisotopic (exact) mass is 237 g/mol. The van der Waals surface area contributed by atoms with E-state index in [-0.39, 0.29) is 11.4 Å². The van der Waals surface area contributed by atoms with Crippen molar-refractivity contribution < 1.29 is 9.90 Å². The third-order valence-corrected chi connectivity index (χ3v) is 2.44. The van der Waals surface area contributed by atoms with Crippen molar-refractivity contribution in [1.29, 1.82) is 0 Å². The summed E-state index contributed by atoms with van der Waals surface area (Å²) >= 11 is 5.96. The molecule has 0 spiro atoms. The van der Waals surface area contributed by atoms with Crippen molar-refractivity contribution in [1.82, 2.24) is 9.78 Å². The summed E-state index contributed by atoms with van der Waals surface area (Å²) in [5, 5.41) is 13.2. The quantitative estimate of drug-likeness (QED) is 0.835. The zero-order valence-corrected chi connectivity index (χ0v) is 8.85. The summed E-state index contributed by atoms with van der Waals surface area (Å²) in [4.78, 5) is 10.8. The number of nitrogen functional groups attached to an aromatic ring is 1. The molecule has 1 heterocycles. The molecule has 0 saturated carbocycles. The Bertz CT molecular complexity index is 551. The minimum Gasteiger partial charge on any atom is -0.477 e. The Morgan fingerprint density at radius 3 is 2.69 bits per heavy atom. The number of carboxylic acid groups (broad SMARTS) is 1. The predicted molar refractivity (Wildman–Crippen MR) is 59.9 cm³/mol. The van der Waals surface area contributed by atoms with E-state index in [2.05, 4.69) is 5.10 Å². The van der Waals surface area contributed by atoms with Crippen molar-refractivity contribution >= 4 is 23.4 Å². The van der Waals surface area contributed by atoms with Crippen LogP contribution in [0.3, 0.4) is 0 Å². The molecule has 0 aliphatic rings. The molecule has 0 fully saturated rings. The maximum absolute atomic E-state index is 10.8. The fraction of sp³-hybridized carbons (Fsp3) is 0. The lowest BCUT2D eigenvalue weighted by Gasteiger charge is -2.05. The SMILES string of the molecule is Nc1c(C(=O)O)cnn1-c1ccccc1Cl. The summed E-state index contributed by atoms with van der Waals surface area (Å²) < 4.78 is 1.30. The Hall–Kier alpha value is -2.01. The van der Waals surface area contributed by atoms with Gasteiger partial charge in [-0.25, -0.2) is 9.48 Å². The van der Waals surface area contributed by atoms with Crippen molar-refractivity contribution in [3.8, 4) is 5.69 Å². The lowest BCUT2D eigenvalue weighted by Crippen LogP contribution is -2.06. The molecule has 3 N–H and O–H groups in total. The number of carboxylic acids is 1. The smallest absolute Gasteiger partial charge is 0.341 e. The second-order valence-corrected chi connectivity index (χ2v) is 3.52. The molecular weight excluding hydrogens is 230 g/mol. The van der Waals surface area contributed by atoms with E-state index in [1.807, 2.05) is 0 Å². The van der Waals surface area contributed by atoms with Gasteiger partial charge in [-0.1, -0.05) is 23.7 Å². The van der Waals surface area contributed by atoms with Gasteiger partial charge >= 0.3 is 5.97 Å². The molecule has 0 amide bonds. The van der Waals surface area contributed by atoms with Gasteiger partial charge in [0.05, 0.1) is 16.9 Å². The first kappa shape index (κ1) is 10.5. The highest BCUT2D eigenvalue weighted by atomic mass is 35.5. The largest absolute Gasteiger partial charge is 0.477 e. The van der Waals surface area contributed by atoms with Crippen LogP contribution >= 0.6 is 11.6 Å². The number of anilines is 1. The minimum absolute atomic E-state index is 0.0417. The predicted octanol–water partition coefficient (Wildman–Crippen LogP) is 1.81. The van der Waals surface area contributed by atoms with Crippen LogP contribution in [0, 0.1) is 0 Å². The number of halogens is 1. The Balaban J connectivity index is 2.58. The number of aromatic nitrogens is 2. The van der Waals surface area contributed by atoms with Crippen LogP contribution in [0.15, 0.2) is 30.5 Å². The van der Waals surface area contributed by atoms with Crippen LogP contribution in [0.1, 0.15) is 10.4 Å². The molecule has 0 unspecified atom stereocenters. The molecule has 1 aromatic heterocycles. The van der Waals surface area contributed by atoms with Gasteiger partial charge in [0, 0.05) is 0 Å². The number of hydrogen-bond donors (Lipinski definition) is 2. The van der Waals surface area contributed by atoms with Crippen LogP contribution < -0.4 is 5.73 Å². The van der Waals surface area contributed by atoms with Gasteiger partial charge in [0.1, 0.15) is 11.4 Å². The number of carbonyl (C=O) groups is 1. The van der Waals surface area contributed by atoms with Crippen LogP contribution in [0.2, 0.25) is 5.02 Å². The Kier molecular flexibility index (Phi) is 2.54. The summed E-state index contributed by atoms with van der Waals surface area (Å²) in [6.45, 7) is 0. The van der Waals surface area contributed by atoms with Gasteiger partial charge in [-0.05, 0) is 12.1 Å². The molecule has 6 heteroatoms. The third kappa shape index (κ3) is 1.61. The van der Waals surface area contributed by atoms with E-state index in [4.69, 9.17) is 22.4 Å². The molecule has 5 nitrogen and oxygen atoms in total. The van der Waals surface area contributed by atoms with Gasteiger partial charge in [0.15, 0.2) is 0 Å². The van der Waals surface area contributed by atoms with E-state index < -0.39 is 5.97 Å². The number of rotatable bonds is 2. The minimum atomic E-state index is -1.11. The van der Waals surface area contributed by atoms with Crippen LogP contribution in [-0.2, 0) is 0 Å². The highest BCUT2D eigenvalue weighted by Gasteiger charge is 2.15. The Labute approximate surface area is 96.1 Å². The van der Waals surface area contributed by atoms with Crippen LogP contribution in [0.4, 0.5) is 5.82 Å². The fourth-order valence-electron chi connectivity index (χ4n) is 1.34. The highest BCUT2D eigenvalue weighted by Crippen LogP contribution is 2.23. The van der Waals surface area contributed by atoms with Crippen molar-refractivity contribution in [2.45, 2.75) is 0 Å². The summed E-state index contributed by atoms with van der Waals surface area (Å²) in [6.07, 6.45) is 1.20. The molecule has 1 aromatic carbocycles. The summed E-state index contributed by atoms with van der Waals surface area (Å²) in [6, 6.07) is 6.92. The maximum atomic E-state index is 10.8. The second-order valence-electron chi connectivity index (χ2n) is 3.11. The maximum Gasteiger partial charge on any atom is 0.341 e. The first-order chi connectivity index (χ1) is 7.61. The molecule has 2 rings (SSSR count). The molecule has 2 aromatic rings. The Morgan fingerprint density at radius 2 is 2.12 bits per heavy atom. The molecule has 0 radical (unpaired) electrons. The standard InChI is InChI=1S/C10H8ClN3O2/c11-7-3-1-2-4-8(7)14-9(12)6(5-13-14)10(15)16/h1-5H,12H2,(H,15,16). The number of hydrogen-bond acceptors (Lipinski definition) is 3. The van der Waals surface area contributed by atoms with E-state index in [0.717, 1.165) is 0 Å². The molecule has 0 saturated heterocycles. The van der Waals surface area contributed by atoms with Gasteiger partial charge in [0.25, 0.3) is 0 Å². The topological polar surface area (TPSA) is 81.1 Å². The number of nitrogens with zero attached hydrogens (tertiary/aromatic N) is 2. The summed E-state index contributed by atoms with van der Waals surface area (Å²) in [5.74, 6) is -1.06. The first-order valence-electron chi connectivity index (χ1n) is 4.43. The zero-order chi connectivity index (χ0) is 11.7. The molecular formula is C10H8ClN3O2. The van der Waals surface area contributed by atoms with E-state index in [1.165, 1.54) is 10.9 Å². The van der Waals surface area contributed by atoms with Crippen molar-refractivity contribution in [2.24, 2.45) is 0 Å². The lowest BCUT2D eigenvalue weighted by atomic mass is 10.3. The molecule has 82 valence electrons. The molecule has 0 aliphatic carbocycles. The number of nitrogens with two attached hydrogens (primary N) is 1. The second kappa shape index (κ2) is 3.86. The van der Waals surface area contributed by atoms with Gasteiger partial charge in [-0.15, -0.1) is 0 Å². The molecule has 16 heavy (non-hydrogen) atoms. The lowest BCUT2D eigenvalue weighted by molar-refractivity contribution is 0.0698. The third-order valence-electron chi connectivity index (χ3n) is 2.12. The fourth-order valence-corrected chi connectivity index (χ4v) is 1.55. The molecule has 0 aliphatic heterocycles. The van der Waals surface area contributed by atoms with Crippen LogP contribution in [0.5, 0.6) is 0 Å². The van der Waals surface area contributed by atoms with Crippen molar-refractivity contribution in [3.05, 3.63) is 41.0 Å². The number of benzene rings is 1. The van der Waals surface area contributed by atoms with Gasteiger partial charge in [-0.3, -0.25) is 0 Å². The van der Waals surface area contributed by atoms with E-state index in [0.29, 0.717) is 10.7 Å². The average Bonchev–Trinajstić information content (AvgIpc) is 2.61. The number of para-hydroxylation sites is 1. The van der Waals surface area contributed by atoms with Crippen molar-refractivity contribution in [2.75, 3.05) is 5.73 Å². The number of aromatic carboxylic acids is 1. The normalized spacial score (nSPS) is 10.3. The Morgan fingerprint density at radius 1 is 1.44 bits per heavy atom. The van der Waals surface area contributed by atoms with Gasteiger partial charge in [-0.2, -0.15) is 5.10 Å². The summed E-state index contributed by atoms with van der Waals surface area (Å²) in [5.41, 5.74) is 6.17. The first-order valence-corrected chi connectivity index (χ1v) is 4.80. The van der Waals surface area contributed by atoms with Gasteiger partial charge in [0.2, 0.25) is 0 Å². The molecule has 0 bridgehead atoms. The van der Waals surface area contributed by atoms with Crippen LogP contribution in [0.25, 0.3) is 5.69 Å². The van der Waals surface area contributed by atoms with E-state index >= 15 is 0 Å². The molecule has 0 atom stereocenters. The van der Waals surface area contributed by atoms with Crippen molar-refractivity contribution in [3.63, 3.8) is 0 Å².